The summed E-state index contributed by atoms with van der Waals surface area (Å²) >= 11 is 1.26. The molecule has 0 bridgehead atoms. The van der Waals surface area contributed by atoms with Gasteiger partial charge in [-0.15, -0.1) is 11.3 Å². The average Bonchev–Trinajstić information content (AvgIpc) is 3.45. The van der Waals surface area contributed by atoms with Gasteiger partial charge in [0.2, 0.25) is 0 Å². The Morgan fingerprint density at radius 2 is 1.73 bits per heavy atom. The van der Waals surface area contributed by atoms with Crippen LogP contribution in [0.5, 0.6) is 0 Å². The molecule has 1 unspecified atom stereocenters. The van der Waals surface area contributed by atoms with Crippen molar-refractivity contribution in [3.05, 3.63) is 46.2 Å². The molecule has 1 amide bonds. The fraction of sp³-hybridized carbons (Fsp3) is 0.520. The second-order valence-corrected chi connectivity index (χ2v) is 11.0. The summed E-state index contributed by atoms with van der Waals surface area (Å²) in [5.41, 5.74) is 0.730. The lowest BCUT2D eigenvalue weighted by molar-refractivity contribution is -0.192. The fourth-order valence-corrected chi connectivity index (χ4v) is 4.41. The van der Waals surface area contributed by atoms with Crippen molar-refractivity contribution >= 4 is 23.2 Å². The lowest BCUT2D eigenvalue weighted by atomic mass is 9.92. The van der Waals surface area contributed by atoms with Gasteiger partial charge in [0.05, 0.1) is 10.4 Å². The second-order valence-electron chi connectivity index (χ2n) is 10.1. The molecule has 0 radical (unpaired) electrons. The number of alkyl halides is 6. The zero-order valence-corrected chi connectivity index (χ0v) is 21.5. The number of hydrogen-bond acceptors (Lipinski definition) is 4. The monoisotopic (exact) mass is 552 g/mol. The Morgan fingerprint density at radius 3 is 2.30 bits per heavy atom. The first-order valence-corrected chi connectivity index (χ1v) is 12.4. The molecule has 1 aliphatic rings. The zero-order chi connectivity index (χ0) is 28.0. The van der Waals surface area contributed by atoms with Crippen molar-refractivity contribution in [1.29, 1.82) is 0 Å². The van der Waals surface area contributed by atoms with Crippen molar-refractivity contribution < 1.29 is 41.0 Å². The first-order valence-electron chi connectivity index (χ1n) is 11.5. The number of thiophene rings is 1. The largest absolute Gasteiger partial charge is 0.490 e. The van der Waals surface area contributed by atoms with E-state index in [1.165, 1.54) is 17.4 Å². The molecule has 37 heavy (non-hydrogen) atoms. The van der Waals surface area contributed by atoms with Crippen molar-refractivity contribution in [3.8, 4) is 11.1 Å². The Balaban J connectivity index is 0.000000604. The highest BCUT2D eigenvalue weighted by Crippen LogP contribution is 2.33. The predicted molar refractivity (Wildman–Crippen MR) is 129 cm³/mol. The molecule has 1 atom stereocenters. The Morgan fingerprint density at radius 1 is 1.08 bits per heavy atom. The number of aliphatic carboxylic acids is 1. The van der Waals surface area contributed by atoms with E-state index in [-0.39, 0.29) is 5.91 Å². The van der Waals surface area contributed by atoms with Gasteiger partial charge in [0, 0.05) is 13.1 Å². The highest BCUT2D eigenvalue weighted by Gasteiger charge is 2.38. The number of nitrogens with one attached hydrogen (secondary N) is 1. The van der Waals surface area contributed by atoms with E-state index in [4.69, 9.17) is 9.90 Å². The van der Waals surface area contributed by atoms with Gasteiger partial charge in [0.15, 0.2) is 0 Å². The average molecular weight is 553 g/mol. The normalized spacial score (nSPS) is 16.7. The van der Waals surface area contributed by atoms with E-state index in [2.05, 4.69) is 31.0 Å². The Labute approximate surface area is 215 Å². The number of halogens is 6. The highest BCUT2D eigenvalue weighted by molar-refractivity contribution is 7.12. The summed E-state index contributed by atoms with van der Waals surface area (Å²) < 4.78 is 70.5. The van der Waals surface area contributed by atoms with Gasteiger partial charge in [0.1, 0.15) is 0 Å². The molecule has 12 heteroatoms. The predicted octanol–water partition coefficient (Wildman–Crippen LogP) is 6.56. The summed E-state index contributed by atoms with van der Waals surface area (Å²) in [5.74, 6) is -2.48. The summed E-state index contributed by atoms with van der Waals surface area (Å²) in [4.78, 5) is 24.4. The van der Waals surface area contributed by atoms with Crippen LogP contribution in [0.25, 0.3) is 11.1 Å². The van der Waals surface area contributed by atoms with Crippen LogP contribution in [0.2, 0.25) is 0 Å². The quantitative estimate of drug-likeness (QED) is 0.399. The maximum atomic E-state index is 12.9. The topological polar surface area (TPSA) is 69.6 Å². The minimum Gasteiger partial charge on any atom is -0.475 e. The Hall–Kier alpha value is -2.60. The molecule has 2 aromatic rings. The minimum atomic E-state index is -5.08. The van der Waals surface area contributed by atoms with E-state index in [0.717, 1.165) is 44.6 Å². The van der Waals surface area contributed by atoms with E-state index >= 15 is 0 Å². The van der Waals surface area contributed by atoms with E-state index < -0.39 is 23.9 Å². The third-order valence-corrected chi connectivity index (χ3v) is 6.62. The number of likely N-dealkylation sites (tertiary alicyclic amines) is 1. The summed E-state index contributed by atoms with van der Waals surface area (Å²) in [6.45, 7) is 10.5. The molecule has 0 spiro atoms. The molecule has 0 aliphatic carbocycles. The summed E-state index contributed by atoms with van der Waals surface area (Å²) in [5, 5.41) is 11.9. The third kappa shape index (κ3) is 10.4. The molecular formula is C25H30F6N2O3S. The number of carbonyl (C=O) groups is 2. The Kier molecular flexibility index (Phi) is 10.2. The number of nitrogens with zero attached hydrogens (tertiary/aromatic N) is 1. The van der Waals surface area contributed by atoms with Crippen LogP contribution in [0.4, 0.5) is 26.3 Å². The number of amides is 1. The molecule has 3 rings (SSSR count). The van der Waals surface area contributed by atoms with Crippen LogP contribution in [-0.2, 0) is 11.0 Å². The molecule has 2 heterocycles. The van der Waals surface area contributed by atoms with Crippen LogP contribution in [0.3, 0.4) is 0 Å². The van der Waals surface area contributed by atoms with Gasteiger partial charge in [-0.1, -0.05) is 32.9 Å². The molecule has 1 aromatic heterocycles. The van der Waals surface area contributed by atoms with Gasteiger partial charge < -0.3 is 15.3 Å². The van der Waals surface area contributed by atoms with Crippen molar-refractivity contribution in [1.82, 2.24) is 10.2 Å². The van der Waals surface area contributed by atoms with Crippen molar-refractivity contribution in [3.63, 3.8) is 0 Å². The SMILES string of the molecule is CC(C)(C)CCN1CCC(CNC(=O)c2cc(-c3cccc(C(F)(F)F)c3)cs2)C1.O=C(O)C(F)(F)F. The molecule has 1 aliphatic heterocycles. The number of carboxylic acid groups (broad SMARTS) is 1. The third-order valence-electron chi connectivity index (χ3n) is 5.69. The Bertz CT molecular complexity index is 1060. The van der Waals surface area contributed by atoms with Crippen LogP contribution in [0, 0.1) is 11.3 Å². The fourth-order valence-electron chi connectivity index (χ4n) is 3.58. The number of carbonyl (C=O) groups excluding carboxylic acids is 1. The van der Waals surface area contributed by atoms with Gasteiger partial charge >= 0.3 is 18.3 Å². The first-order chi connectivity index (χ1) is 17.0. The van der Waals surface area contributed by atoms with Crippen molar-refractivity contribution in [2.24, 2.45) is 11.3 Å². The van der Waals surface area contributed by atoms with Gasteiger partial charge in [-0.2, -0.15) is 26.3 Å². The molecule has 5 nitrogen and oxygen atoms in total. The number of carboxylic acids is 1. The standard InChI is InChI=1S/C23H29F3N2OS.C2HF3O2/c1-22(2,3)8-10-28-9-7-16(14-28)13-27-21(29)20-12-18(15-30-20)17-5-4-6-19(11-17)23(24,25)26;3-2(4,5)1(6)7/h4-6,11-12,15-16H,7-10,13-14H2,1-3H3,(H,27,29);(H,6,7). The van der Waals surface area contributed by atoms with Gasteiger partial charge in [-0.05, 0) is 72.0 Å². The maximum absolute atomic E-state index is 12.9. The van der Waals surface area contributed by atoms with Crippen LogP contribution < -0.4 is 5.32 Å². The molecule has 0 saturated carbocycles. The van der Waals surface area contributed by atoms with Crippen LogP contribution in [0.15, 0.2) is 35.7 Å². The summed E-state index contributed by atoms with van der Waals surface area (Å²) in [6.07, 6.45) is -7.24. The number of benzene rings is 1. The molecule has 1 aromatic carbocycles. The second kappa shape index (κ2) is 12.3. The van der Waals surface area contributed by atoms with Gasteiger partial charge in [0.25, 0.3) is 5.91 Å². The molecular weight excluding hydrogens is 522 g/mol. The summed E-state index contributed by atoms with van der Waals surface area (Å²) in [6, 6.07) is 6.86. The highest BCUT2D eigenvalue weighted by atomic mass is 32.1. The van der Waals surface area contributed by atoms with Crippen molar-refractivity contribution in [2.45, 2.75) is 46.0 Å². The van der Waals surface area contributed by atoms with Gasteiger partial charge in [-0.3, -0.25) is 4.79 Å². The number of hydrogen-bond donors (Lipinski definition) is 2. The van der Waals surface area contributed by atoms with Gasteiger partial charge in [-0.25, -0.2) is 4.79 Å². The molecule has 1 saturated heterocycles. The first kappa shape index (κ1) is 30.6. The van der Waals surface area contributed by atoms with Crippen LogP contribution >= 0.6 is 11.3 Å². The van der Waals surface area contributed by atoms with E-state index in [1.54, 1.807) is 17.5 Å². The number of rotatable bonds is 6. The smallest absolute Gasteiger partial charge is 0.475 e. The van der Waals surface area contributed by atoms with Crippen LogP contribution in [-0.4, -0.2) is 54.2 Å². The molecule has 1 fully saturated rings. The van der Waals surface area contributed by atoms with Crippen molar-refractivity contribution in [2.75, 3.05) is 26.2 Å². The lowest BCUT2D eigenvalue weighted by Crippen LogP contribution is -2.31. The molecule has 206 valence electrons. The van der Waals surface area contributed by atoms with E-state index in [9.17, 15) is 31.1 Å². The molecule has 2 N–H and O–H groups in total. The van der Waals surface area contributed by atoms with Crippen LogP contribution in [0.1, 0.15) is 48.8 Å². The maximum Gasteiger partial charge on any atom is 0.490 e. The van der Waals surface area contributed by atoms with E-state index in [0.29, 0.717) is 33.9 Å². The lowest BCUT2D eigenvalue weighted by Gasteiger charge is -2.23. The minimum absolute atomic E-state index is 0.161. The van der Waals surface area contributed by atoms with E-state index in [1.807, 2.05) is 0 Å². The zero-order valence-electron chi connectivity index (χ0n) is 20.7. The summed E-state index contributed by atoms with van der Waals surface area (Å²) in [7, 11) is 0.